The van der Waals surface area contributed by atoms with Crippen LogP contribution in [0.1, 0.15) is 37.4 Å². The summed E-state index contributed by atoms with van der Waals surface area (Å²) in [6, 6.07) is 8.12. The molecule has 0 saturated heterocycles. The molecule has 2 rings (SSSR count). The van der Waals surface area contributed by atoms with E-state index in [4.69, 9.17) is 5.26 Å². The Morgan fingerprint density at radius 3 is 2.76 bits per heavy atom. The maximum Gasteiger partial charge on any atom is 0.237 e. The lowest BCUT2D eigenvalue weighted by atomic mass is 10.1. The van der Waals surface area contributed by atoms with Gasteiger partial charge in [0.25, 0.3) is 0 Å². The topological polar surface area (TPSA) is 87.7 Å². The molecule has 0 atom stereocenters. The van der Waals surface area contributed by atoms with E-state index in [0.717, 1.165) is 11.3 Å². The molecule has 2 aromatic rings. The predicted octanol–water partition coefficient (Wildman–Crippen LogP) is 2.91. The molecule has 0 saturated carbocycles. The maximum atomic E-state index is 12.7. The Hall–Kier alpha value is -2.40. The fraction of sp³-hybridized carbons (Fsp3) is 0.471. The molecule has 1 heterocycles. The number of aromatic nitrogens is 4. The van der Waals surface area contributed by atoms with E-state index in [9.17, 15) is 4.79 Å². The van der Waals surface area contributed by atoms with Gasteiger partial charge in [-0.25, -0.2) is 4.68 Å². The second kappa shape index (κ2) is 8.62. The van der Waals surface area contributed by atoms with E-state index in [-0.39, 0.29) is 24.1 Å². The number of amides is 1. The van der Waals surface area contributed by atoms with Gasteiger partial charge in [0.2, 0.25) is 11.1 Å². The van der Waals surface area contributed by atoms with Crippen LogP contribution >= 0.6 is 11.8 Å². The second-order valence-corrected chi connectivity index (χ2v) is 6.95. The van der Waals surface area contributed by atoms with E-state index in [1.54, 1.807) is 9.58 Å². The maximum absolute atomic E-state index is 12.7. The Morgan fingerprint density at radius 2 is 2.12 bits per heavy atom. The van der Waals surface area contributed by atoms with E-state index in [0.29, 0.717) is 11.7 Å². The summed E-state index contributed by atoms with van der Waals surface area (Å²) in [4.78, 5) is 14.4. The van der Waals surface area contributed by atoms with Crippen LogP contribution in [0.4, 0.5) is 5.69 Å². The molecule has 0 aliphatic rings. The summed E-state index contributed by atoms with van der Waals surface area (Å²) in [5.41, 5.74) is 3.10. The quantitative estimate of drug-likeness (QED) is 0.707. The largest absolute Gasteiger partial charge is 0.311 e. The fourth-order valence-electron chi connectivity index (χ4n) is 2.26. The van der Waals surface area contributed by atoms with Crippen LogP contribution in [0.5, 0.6) is 0 Å². The van der Waals surface area contributed by atoms with Crippen molar-refractivity contribution in [2.45, 2.75) is 45.3 Å². The van der Waals surface area contributed by atoms with Gasteiger partial charge in [-0.2, -0.15) is 5.26 Å². The molecule has 1 aromatic carbocycles. The number of hydrogen-bond donors (Lipinski definition) is 0. The number of rotatable bonds is 7. The molecular formula is C17H22N6OS. The molecule has 7 nitrogen and oxygen atoms in total. The highest BCUT2D eigenvalue weighted by atomic mass is 32.2. The first-order valence-corrected chi connectivity index (χ1v) is 9.07. The highest BCUT2D eigenvalue weighted by molar-refractivity contribution is 7.99. The van der Waals surface area contributed by atoms with Crippen molar-refractivity contribution in [3.05, 3.63) is 29.3 Å². The summed E-state index contributed by atoms with van der Waals surface area (Å²) in [6.45, 7) is 8.38. The minimum Gasteiger partial charge on any atom is -0.311 e. The molecule has 1 aromatic heterocycles. The van der Waals surface area contributed by atoms with Crippen LogP contribution in [-0.4, -0.2) is 38.4 Å². The highest BCUT2D eigenvalue weighted by Gasteiger charge is 2.18. The molecule has 1 amide bonds. The Kier molecular flexibility index (Phi) is 6.53. The minimum atomic E-state index is -0.0678. The Balaban J connectivity index is 2.14. The van der Waals surface area contributed by atoms with Gasteiger partial charge in [0.15, 0.2) is 0 Å². The van der Waals surface area contributed by atoms with E-state index in [1.165, 1.54) is 17.3 Å². The van der Waals surface area contributed by atoms with Crippen LogP contribution in [0.3, 0.4) is 0 Å². The van der Waals surface area contributed by atoms with E-state index >= 15 is 0 Å². The van der Waals surface area contributed by atoms with Crippen LogP contribution < -0.4 is 4.90 Å². The number of anilines is 1. The lowest BCUT2D eigenvalue weighted by Crippen LogP contribution is -2.33. The summed E-state index contributed by atoms with van der Waals surface area (Å²) < 4.78 is 1.69. The highest BCUT2D eigenvalue weighted by Crippen LogP contribution is 2.22. The molecule has 0 unspecified atom stereocenters. The van der Waals surface area contributed by atoms with Crippen LogP contribution in [0.2, 0.25) is 0 Å². The first kappa shape index (κ1) is 18.9. The Bertz CT molecular complexity index is 780. The normalized spacial score (nSPS) is 10.7. The van der Waals surface area contributed by atoms with Gasteiger partial charge in [0.05, 0.1) is 24.3 Å². The number of tetrazole rings is 1. The fourth-order valence-corrected chi connectivity index (χ4v) is 3.14. The number of nitriles is 1. The summed E-state index contributed by atoms with van der Waals surface area (Å²) in [6.07, 6.45) is 0.285. The van der Waals surface area contributed by atoms with Crippen LogP contribution in [-0.2, 0) is 4.79 Å². The minimum absolute atomic E-state index is 0.0678. The van der Waals surface area contributed by atoms with Gasteiger partial charge in [-0.15, -0.1) is 5.10 Å². The lowest BCUT2D eigenvalue weighted by Gasteiger charge is -2.22. The number of hydrogen-bond acceptors (Lipinski definition) is 6. The SMILES string of the molecule is Cc1ccc(N(CCC#N)C(=O)CSc2nnnn2C(C)C)cc1C. The zero-order valence-electron chi connectivity index (χ0n) is 14.9. The van der Waals surface area contributed by atoms with Gasteiger partial charge in [0.1, 0.15) is 0 Å². The van der Waals surface area contributed by atoms with E-state index in [2.05, 4.69) is 21.6 Å². The predicted molar refractivity (Wildman–Crippen MR) is 97.4 cm³/mol. The average Bonchev–Trinajstić information content (AvgIpc) is 3.05. The third-order valence-electron chi connectivity index (χ3n) is 3.83. The number of benzene rings is 1. The van der Waals surface area contributed by atoms with Gasteiger partial charge >= 0.3 is 0 Å². The Labute approximate surface area is 152 Å². The summed E-state index contributed by atoms with van der Waals surface area (Å²) >= 11 is 1.31. The number of carbonyl (C=O) groups excluding carboxylic acids is 1. The molecule has 0 radical (unpaired) electrons. The van der Waals surface area contributed by atoms with E-state index < -0.39 is 0 Å². The molecule has 8 heteroatoms. The smallest absolute Gasteiger partial charge is 0.237 e. The van der Waals surface area contributed by atoms with Crippen LogP contribution in [0.15, 0.2) is 23.4 Å². The standard InChI is InChI=1S/C17H22N6OS/c1-12(2)23-17(19-20-21-23)25-11-16(24)22(9-5-8-18)15-7-6-13(3)14(4)10-15/h6-7,10,12H,5,9,11H2,1-4H3. The zero-order valence-corrected chi connectivity index (χ0v) is 15.7. The van der Waals surface area contributed by atoms with Gasteiger partial charge in [-0.1, -0.05) is 17.8 Å². The molecule has 25 heavy (non-hydrogen) atoms. The molecule has 0 bridgehead atoms. The number of thioether (sulfide) groups is 1. The van der Waals surface area contributed by atoms with Crippen LogP contribution in [0.25, 0.3) is 0 Å². The number of carbonyl (C=O) groups is 1. The van der Waals surface area contributed by atoms with Crippen LogP contribution in [0, 0.1) is 25.2 Å². The average molecular weight is 358 g/mol. The molecule has 0 aliphatic carbocycles. The van der Waals surface area contributed by atoms with Gasteiger partial charge in [0, 0.05) is 12.2 Å². The molecule has 0 fully saturated rings. The molecule has 132 valence electrons. The first-order valence-electron chi connectivity index (χ1n) is 8.09. The second-order valence-electron chi connectivity index (χ2n) is 6.01. The number of nitrogens with zero attached hydrogens (tertiary/aromatic N) is 6. The van der Waals surface area contributed by atoms with Crippen molar-refractivity contribution in [1.29, 1.82) is 5.26 Å². The molecule has 0 spiro atoms. The van der Waals surface area contributed by atoms with Crippen molar-refractivity contribution in [3.8, 4) is 6.07 Å². The van der Waals surface area contributed by atoms with Crippen molar-refractivity contribution in [1.82, 2.24) is 20.2 Å². The Morgan fingerprint density at radius 1 is 1.36 bits per heavy atom. The summed E-state index contributed by atoms with van der Waals surface area (Å²) in [5.74, 6) is 0.146. The first-order chi connectivity index (χ1) is 11.9. The lowest BCUT2D eigenvalue weighted by molar-refractivity contribution is -0.116. The van der Waals surface area contributed by atoms with E-state index in [1.807, 2.05) is 45.9 Å². The van der Waals surface area contributed by atoms with Gasteiger partial charge in [-0.05, 0) is 61.4 Å². The van der Waals surface area contributed by atoms with Gasteiger partial charge < -0.3 is 4.90 Å². The monoisotopic (exact) mass is 358 g/mol. The van der Waals surface area contributed by atoms with Crippen molar-refractivity contribution >= 4 is 23.4 Å². The van der Waals surface area contributed by atoms with Crippen molar-refractivity contribution < 1.29 is 4.79 Å². The van der Waals surface area contributed by atoms with Crippen molar-refractivity contribution in [3.63, 3.8) is 0 Å². The third kappa shape index (κ3) is 4.79. The third-order valence-corrected chi connectivity index (χ3v) is 4.75. The molecule has 0 N–H and O–H groups in total. The summed E-state index contributed by atoms with van der Waals surface area (Å²) in [5, 5.41) is 21.1. The molecular weight excluding hydrogens is 336 g/mol. The van der Waals surface area contributed by atoms with Gasteiger partial charge in [-0.3, -0.25) is 4.79 Å². The number of aryl methyl sites for hydroxylation is 2. The molecule has 0 aliphatic heterocycles. The van der Waals surface area contributed by atoms with Crippen molar-refractivity contribution in [2.24, 2.45) is 0 Å². The van der Waals surface area contributed by atoms with Crippen molar-refractivity contribution in [2.75, 3.05) is 17.2 Å². The zero-order chi connectivity index (χ0) is 18.4. The summed E-state index contributed by atoms with van der Waals surface area (Å²) in [7, 11) is 0.